The number of anilines is 1. The van der Waals surface area contributed by atoms with Gasteiger partial charge in [0.05, 0.1) is 6.04 Å². The van der Waals surface area contributed by atoms with Gasteiger partial charge >= 0.3 is 0 Å². The molecule has 0 aromatic heterocycles. The molecule has 0 bridgehead atoms. The molecule has 0 aliphatic carbocycles. The Labute approximate surface area is 122 Å². The van der Waals surface area contributed by atoms with Crippen LogP contribution in [0.5, 0.6) is 0 Å². The molecule has 0 saturated heterocycles. The average molecular weight is 296 g/mol. The highest BCUT2D eigenvalue weighted by Crippen LogP contribution is 2.26. The predicted molar refractivity (Wildman–Crippen MR) is 79.1 cm³/mol. The Bertz CT molecular complexity index is 549. The zero-order chi connectivity index (χ0) is 14.5. The predicted octanol–water partition coefficient (Wildman–Crippen LogP) is 5.57. The second-order valence-electron chi connectivity index (χ2n) is 4.70. The number of hydrogen-bond donors (Lipinski definition) is 1. The molecule has 0 amide bonds. The van der Waals surface area contributed by atoms with Crippen LogP contribution >= 0.6 is 11.6 Å². The summed E-state index contributed by atoms with van der Waals surface area (Å²) < 4.78 is 26.4. The van der Waals surface area contributed by atoms with Gasteiger partial charge < -0.3 is 5.32 Å². The third kappa shape index (κ3) is 3.94. The Morgan fingerprint density at radius 3 is 2.20 bits per heavy atom. The summed E-state index contributed by atoms with van der Waals surface area (Å²) in [5, 5.41) is 3.84. The minimum atomic E-state index is -0.584. The molecule has 0 saturated carbocycles. The molecule has 106 valence electrons. The molecule has 20 heavy (non-hydrogen) atoms. The summed E-state index contributed by atoms with van der Waals surface area (Å²) in [5.41, 5.74) is 1.48. The van der Waals surface area contributed by atoms with Crippen LogP contribution in [0.3, 0.4) is 0 Å². The molecule has 2 aromatic carbocycles. The Morgan fingerprint density at radius 1 is 1.05 bits per heavy atom. The third-order valence-electron chi connectivity index (χ3n) is 3.05. The lowest BCUT2D eigenvalue weighted by Crippen LogP contribution is -2.10. The minimum absolute atomic E-state index is 0.00142. The molecule has 1 atom stereocenters. The van der Waals surface area contributed by atoms with Crippen LogP contribution in [0, 0.1) is 11.6 Å². The maximum absolute atomic E-state index is 13.2. The van der Waals surface area contributed by atoms with Crippen molar-refractivity contribution in [2.45, 2.75) is 25.8 Å². The molecule has 0 fully saturated rings. The van der Waals surface area contributed by atoms with Crippen molar-refractivity contribution in [1.82, 2.24) is 0 Å². The first-order chi connectivity index (χ1) is 9.58. The summed E-state index contributed by atoms with van der Waals surface area (Å²) in [7, 11) is 0. The summed E-state index contributed by atoms with van der Waals surface area (Å²) in [6.45, 7) is 2.07. The molecule has 1 nitrogen and oxygen atoms in total. The zero-order valence-corrected chi connectivity index (χ0v) is 11.9. The molecule has 0 heterocycles. The van der Waals surface area contributed by atoms with Crippen LogP contribution in [-0.4, -0.2) is 0 Å². The number of halogens is 3. The van der Waals surface area contributed by atoms with Crippen LogP contribution in [0.15, 0.2) is 42.5 Å². The van der Waals surface area contributed by atoms with Gasteiger partial charge in [-0.2, -0.15) is 0 Å². The largest absolute Gasteiger partial charge is 0.378 e. The topological polar surface area (TPSA) is 12.0 Å². The Balaban J connectivity index is 2.22. The summed E-state index contributed by atoms with van der Waals surface area (Å²) >= 11 is 5.88. The van der Waals surface area contributed by atoms with Crippen molar-refractivity contribution in [3.05, 3.63) is 64.7 Å². The molecule has 0 spiro atoms. The van der Waals surface area contributed by atoms with Crippen molar-refractivity contribution in [2.24, 2.45) is 0 Å². The van der Waals surface area contributed by atoms with Gasteiger partial charge in [-0.25, -0.2) is 8.78 Å². The van der Waals surface area contributed by atoms with Gasteiger partial charge in [0.2, 0.25) is 0 Å². The molecule has 2 aromatic rings. The first kappa shape index (κ1) is 14.8. The molecule has 0 radical (unpaired) electrons. The van der Waals surface area contributed by atoms with Crippen LogP contribution in [0.2, 0.25) is 5.02 Å². The minimum Gasteiger partial charge on any atom is -0.378 e. The lowest BCUT2D eigenvalue weighted by Gasteiger charge is -2.20. The van der Waals surface area contributed by atoms with E-state index in [-0.39, 0.29) is 6.04 Å². The smallest absolute Gasteiger partial charge is 0.128 e. The van der Waals surface area contributed by atoms with Gasteiger partial charge in [0.25, 0.3) is 0 Å². The summed E-state index contributed by atoms with van der Waals surface area (Å²) in [6.07, 6.45) is 1.82. The Hall–Kier alpha value is -1.61. The lowest BCUT2D eigenvalue weighted by atomic mass is 10.0. The fraction of sp³-hybridized carbons (Fsp3) is 0.250. The van der Waals surface area contributed by atoms with Gasteiger partial charge in [0.1, 0.15) is 11.6 Å². The first-order valence-electron chi connectivity index (χ1n) is 6.56. The molecule has 4 heteroatoms. The van der Waals surface area contributed by atoms with E-state index >= 15 is 0 Å². The standard InChI is InChI=1S/C16H16ClF2N/c1-2-3-16(11-4-6-12(17)7-5-11)20-15-9-13(18)8-14(19)10-15/h4-10,16,20H,2-3H2,1H3. The average Bonchev–Trinajstić information content (AvgIpc) is 2.38. The van der Waals surface area contributed by atoms with Gasteiger partial charge in [0, 0.05) is 16.8 Å². The summed E-state index contributed by atoms with van der Waals surface area (Å²) in [4.78, 5) is 0. The monoisotopic (exact) mass is 295 g/mol. The molecule has 1 unspecified atom stereocenters. The number of hydrogen-bond acceptors (Lipinski definition) is 1. The molecule has 2 rings (SSSR count). The van der Waals surface area contributed by atoms with E-state index in [1.54, 1.807) is 0 Å². The van der Waals surface area contributed by atoms with Crippen molar-refractivity contribution >= 4 is 17.3 Å². The van der Waals surface area contributed by atoms with E-state index < -0.39 is 11.6 Å². The maximum Gasteiger partial charge on any atom is 0.128 e. The third-order valence-corrected chi connectivity index (χ3v) is 3.31. The molecular weight excluding hydrogens is 280 g/mol. The highest BCUT2D eigenvalue weighted by atomic mass is 35.5. The SMILES string of the molecule is CCCC(Nc1cc(F)cc(F)c1)c1ccc(Cl)cc1. The van der Waals surface area contributed by atoms with Crippen molar-refractivity contribution in [3.8, 4) is 0 Å². The number of rotatable bonds is 5. The quantitative estimate of drug-likeness (QED) is 0.760. The van der Waals surface area contributed by atoms with Gasteiger partial charge in [-0.1, -0.05) is 37.1 Å². The van der Waals surface area contributed by atoms with Gasteiger partial charge in [-0.3, -0.25) is 0 Å². The van der Waals surface area contributed by atoms with Crippen molar-refractivity contribution in [2.75, 3.05) is 5.32 Å². The zero-order valence-electron chi connectivity index (χ0n) is 11.2. The van der Waals surface area contributed by atoms with E-state index in [0.29, 0.717) is 10.7 Å². The van der Waals surface area contributed by atoms with Crippen molar-refractivity contribution in [3.63, 3.8) is 0 Å². The van der Waals surface area contributed by atoms with Crippen LogP contribution in [-0.2, 0) is 0 Å². The van der Waals surface area contributed by atoms with Crippen LogP contribution in [0.25, 0.3) is 0 Å². The molecule has 0 aliphatic rings. The van der Waals surface area contributed by atoms with Crippen LogP contribution < -0.4 is 5.32 Å². The maximum atomic E-state index is 13.2. The summed E-state index contributed by atoms with van der Waals surface area (Å²) in [6, 6.07) is 10.9. The number of benzene rings is 2. The Kier molecular flexibility index (Phi) is 4.96. The normalized spacial score (nSPS) is 12.2. The molecule has 1 N–H and O–H groups in total. The summed E-state index contributed by atoms with van der Waals surface area (Å²) in [5.74, 6) is -1.17. The molecule has 0 aliphatic heterocycles. The molecular formula is C16H16ClF2N. The van der Waals surface area contributed by atoms with Gasteiger partial charge in [0.15, 0.2) is 0 Å². The fourth-order valence-electron chi connectivity index (χ4n) is 2.14. The van der Waals surface area contributed by atoms with E-state index in [0.717, 1.165) is 24.5 Å². The Morgan fingerprint density at radius 2 is 1.65 bits per heavy atom. The number of nitrogens with one attached hydrogen (secondary N) is 1. The van der Waals surface area contributed by atoms with E-state index in [4.69, 9.17) is 11.6 Å². The van der Waals surface area contributed by atoms with Gasteiger partial charge in [-0.15, -0.1) is 0 Å². The van der Waals surface area contributed by atoms with Crippen LogP contribution in [0.4, 0.5) is 14.5 Å². The highest BCUT2D eigenvalue weighted by molar-refractivity contribution is 6.30. The van der Waals surface area contributed by atoms with Crippen molar-refractivity contribution in [1.29, 1.82) is 0 Å². The van der Waals surface area contributed by atoms with E-state index in [9.17, 15) is 8.78 Å². The van der Waals surface area contributed by atoms with E-state index in [1.165, 1.54) is 12.1 Å². The highest BCUT2D eigenvalue weighted by Gasteiger charge is 2.11. The van der Waals surface area contributed by atoms with Gasteiger partial charge in [-0.05, 0) is 36.2 Å². The van der Waals surface area contributed by atoms with E-state index in [1.807, 2.05) is 24.3 Å². The second kappa shape index (κ2) is 6.71. The lowest BCUT2D eigenvalue weighted by molar-refractivity contribution is 0.582. The fourth-order valence-corrected chi connectivity index (χ4v) is 2.27. The van der Waals surface area contributed by atoms with Crippen molar-refractivity contribution < 1.29 is 8.78 Å². The van der Waals surface area contributed by atoms with Crippen LogP contribution in [0.1, 0.15) is 31.4 Å². The second-order valence-corrected chi connectivity index (χ2v) is 5.13. The first-order valence-corrected chi connectivity index (χ1v) is 6.94. The van der Waals surface area contributed by atoms with E-state index in [2.05, 4.69) is 12.2 Å².